The highest BCUT2D eigenvalue weighted by atomic mass is 16.1. The second kappa shape index (κ2) is 4.24. The number of Topliss-reactive ketones (excluding diaryl/α,β-unsaturated/α-hetero) is 2. The molecule has 86 valence electrons. The number of fused-ring (bicyclic) bond motifs is 1. The molecule has 1 aromatic heterocycles. The maximum Gasteiger partial charge on any atom is 0.179 e. The summed E-state index contributed by atoms with van der Waals surface area (Å²) in [6, 6.07) is 2.11. The average molecular weight is 219 g/mol. The average Bonchev–Trinajstić information content (AvgIpc) is 2.73. The van der Waals surface area contributed by atoms with E-state index in [9.17, 15) is 9.59 Å². The molecule has 0 spiro atoms. The molecule has 0 aromatic carbocycles. The fourth-order valence-electron chi connectivity index (χ4n) is 2.41. The van der Waals surface area contributed by atoms with Gasteiger partial charge in [-0.2, -0.15) is 0 Å². The molecule has 0 aliphatic carbocycles. The Labute approximate surface area is 95.5 Å². The number of aromatic nitrogens is 1. The number of carbonyl (C=O) groups excluding carboxylic acids is 2. The highest BCUT2D eigenvalue weighted by Crippen LogP contribution is 2.24. The quantitative estimate of drug-likeness (QED) is 0.729. The molecule has 2 rings (SSSR count). The van der Waals surface area contributed by atoms with Gasteiger partial charge in [-0.05, 0) is 38.3 Å². The van der Waals surface area contributed by atoms with Gasteiger partial charge in [0.25, 0.3) is 0 Å². The lowest BCUT2D eigenvalue weighted by Gasteiger charge is -2.06. The van der Waals surface area contributed by atoms with Crippen molar-refractivity contribution in [3.05, 3.63) is 23.0 Å². The molecule has 1 aromatic rings. The van der Waals surface area contributed by atoms with Crippen LogP contribution in [0.3, 0.4) is 0 Å². The zero-order chi connectivity index (χ0) is 11.7. The second-order valence-corrected chi connectivity index (χ2v) is 4.55. The molecule has 3 heteroatoms. The van der Waals surface area contributed by atoms with Crippen LogP contribution in [-0.2, 0) is 17.8 Å². The summed E-state index contributed by atoms with van der Waals surface area (Å²) >= 11 is 0. The van der Waals surface area contributed by atoms with Crippen molar-refractivity contribution in [1.29, 1.82) is 0 Å². The number of rotatable bonds is 4. The Morgan fingerprint density at radius 2 is 2.12 bits per heavy atom. The fraction of sp³-hybridized carbons (Fsp3) is 0.538. The summed E-state index contributed by atoms with van der Waals surface area (Å²) < 4.78 is 2.12. The summed E-state index contributed by atoms with van der Waals surface area (Å²) in [5.74, 6) is 0.194. The summed E-state index contributed by atoms with van der Waals surface area (Å²) in [6.45, 7) is 4.46. The van der Waals surface area contributed by atoms with E-state index in [0.29, 0.717) is 12.8 Å². The summed E-state index contributed by atoms with van der Waals surface area (Å²) in [5, 5.41) is 0. The Morgan fingerprint density at radius 3 is 2.81 bits per heavy atom. The SMILES string of the molecule is CC(=O)CCC(=O)c1c(C)cc2n1CCC2. The molecule has 1 aliphatic heterocycles. The van der Waals surface area contributed by atoms with Gasteiger partial charge in [0.05, 0.1) is 5.69 Å². The molecule has 0 saturated carbocycles. The highest BCUT2D eigenvalue weighted by Gasteiger charge is 2.21. The topological polar surface area (TPSA) is 39.1 Å². The van der Waals surface area contributed by atoms with Gasteiger partial charge in [-0.1, -0.05) is 0 Å². The van der Waals surface area contributed by atoms with Crippen molar-refractivity contribution in [2.24, 2.45) is 0 Å². The fourth-order valence-corrected chi connectivity index (χ4v) is 2.41. The van der Waals surface area contributed by atoms with Crippen LogP contribution in [0.5, 0.6) is 0 Å². The van der Waals surface area contributed by atoms with Gasteiger partial charge >= 0.3 is 0 Å². The van der Waals surface area contributed by atoms with E-state index in [2.05, 4.69) is 10.6 Å². The molecule has 0 atom stereocenters. The number of carbonyl (C=O) groups is 2. The number of ketones is 2. The van der Waals surface area contributed by atoms with Crippen LogP contribution in [0.1, 0.15) is 47.9 Å². The molecular formula is C13H17NO2. The molecule has 0 N–H and O–H groups in total. The molecule has 0 unspecified atom stereocenters. The third-order valence-electron chi connectivity index (χ3n) is 3.16. The van der Waals surface area contributed by atoms with Gasteiger partial charge in [-0.15, -0.1) is 0 Å². The minimum Gasteiger partial charge on any atom is -0.342 e. The first-order valence-corrected chi connectivity index (χ1v) is 5.81. The number of aryl methyl sites for hydroxylation is 2. The third kappa shape index (κ3) is 1.94. The summed E-state index contributed by atoms with van der Waals surface area (Å²) in [4.78, 5) is 22.9. The van der Waals surface area contributed by atoms with Crippen LogP contribution in [0.2, 0.25) is 0 Å². The Balaban J connectivity index is 2.20. The van der Waals surface area contributed by atoms with Crippen molar-refractivity contribution in [2.75, 3.05) is 0 Å². The maximum atomic E-state index is 12.0. The predicted octanol–water partition coefficient (Wildman–Crippen LogP) is 2.29. The highest BCUT2D eigenvalue weighted by molar-refractivity contribution is 5.98. The van der Waals surface area contributed by atoms with E-state index in [-0.39, 0.29) is 11.6 Å². The molecule has 0 bridgehead atoms. The standard InChI is InChI=1S/C13H17NO2/c1-9-8-11-4-3-7-14(11)13(9)12(16)6-5-10(2)15/h8H,3-7H2,1-2H3. The van der Waals surface area contributed by atoms with Crippen molar-refractivity contribution in [2.45, 2.75) is 46.1 Å². The van der Waals surface area contributed by atoms with Crippen LogP contribution < -0.4 is 0 Å². The van der Waals surface area contributed by atoms with Gasteiger partial charge in [-0.3, -0.25) is 4.79 Å². The van der Waals surface area contributed by atoms with E-state index >= 15 is 0 Å². The zero-order valence-corrected chi connectivity index (χ0v) is 9.88. The summed E-state index contributed by atoms with van der Waals surface area (Å²) in [7, 11) is 0. The van der Waals surface area contributed by atoms with Gasteiger partial charge in [0.1, 0.15) is 5.78 Å². The molecule has 2 heterocycles. The molecule has 3 nitrogen and oxygen atoms in total. The van der Waals surface area contributed by atoms with Gasteiger partial charge in [0.2, 0.25) is 0 Å². The van der Waals surface area contributed by atoms with E-state index in [1.807, 2.05) is 6.92 Å². The molecule has 1 aliphatic rings. The van der Waals surface area contributed by atoms with E-state index in [0.717, 1.165) is 30.6 Å². The maximum absolute atomic E-state index is 12.0. The van der Waals surface area contributed by atoms with Crippen molar-refractivity contribution < 1.29 is 9.59 Å². The predicted molar refractivity (Wildman–Crippen MR) is 61.7 cm³/mol. The van der Waals surface area contributed by atoms with Crippen LogP contribution in [-0.4, -0.2) is 16.1 Å². The Kier molecular flexibility index (Phi) is 2.95. The molecule has 16 heavy (non-hydrogen) atoms. The Bertz CT molecular complexity index is 443. The summed E-state index contributed by atoms with van der Waals surface area (Å²) in [5.41, 5.74) is 3.15. The molecule has 0 saturated heterocycles. The van der Waals surface area contributed by atoms with E-state index in [1.165, 1.54) is 12.6 Å². The minimum absolute atomic E-state index is 0.0826. The first-order valence-electron chi connectivity index (χ1n) is 5.81. The van der Waals surface area contributed by atoms with Crippen LogP contribution in [0, 0.1) is 6.92 Å². The van der Waals surface area contributed by atoms with Crippen LogP contribution >= 0.6 is 0 Å². The van der Waals surface area contributed by atoms with Crippen molar-refractivity contribution in [3.8, 4) is 0 Å². The molecular weight excluding hydrogens is 202 g/mol. The number of hydrogen-bond donors (Lipinski definition) is 0. The second-order valence-electron chi connectivity index (χ2n) is 4.55. The minimum atomic E-state index is 0.0826. The van der Waals surface area contributed by atoms with E-state index in [4.69, 9.17) is 0 Å². The Hall–Kier alpha value is -1.38. The Morgan fingerprint density at radius 1 is 1.38 bits per heavy atom. The lowest BCUT2D eigenvalue weighted by Crippen LogP contribution is -2.10. The largest absolute Gasteiger partial charge is 0.342 e. The lowest BCUT2D eigenvalue weighted by atomic mass is 10.1. The smallest absolute Gasteiger partial charge is 0.179 e. The van der Waals surface area contributed by atoms with Gasteiger partial charge in [0.15, 0.2) is 5.78 Å². The van der Waals surface area contributed by atoms with Gasteiger partial charge in [-0.25, -0.2) is 0 Å². The third-order valence-corrected chi connectivity index (χ3v) is 3.16. The molecule has 0 fully saturated rings. The summed E-state index contributed by atoms with van der Waals surface area (Å²) in [6.07, 6.45) is 2.90. The first-order chi connectivity index (χ1) is 7.59. The van der Waals surface area contributed by atoms with Gasteiger partial charge < -0.3 is 9.36 Å². The van der Waals surface area contributed by atoms with E-state index in [1.54, 1.807) is 0 Å². The van der Waals surface area contributed by atoms with Gasteiger partial charge in [0, 0.05) is 25.1 Å². The van der Waals surface area contributed by atoms with E-state index < -0.39 is 0 Å². The van der Waals surface area contributed by atoms with Crippen LogP contribution in [0.4, 0.5) is 0 Å². The van der Waals surface area contributed by atoms with Crippen molar-refractivity contribution in [1.82, 2.24) is 4.57 Å². The zero-order valence-electron chi connectivity index (χ0n) is 9.88. The van der Waals surface area contributed by atoms with Crippen LogP contribution in [0.15, 0.2) is 6.07 Å². The normalized spacial score (nSPS) is 13.9. The number of hydrogen-bond acceptors (Lipinski definition) is 2. The van der Waals surface area contributed by atoms with Crippen molar-refractivity contribution >= 4 is 11.6 Å². The lowest BCUT2D eigenvalue weighted by molar-refractivity contribution is -0.116. The molecule has 0 radical (unpaired) electrons. The first kappa shape index (κ1) is 11.1. The van der Waals surface area contributed by atoms with Crippen LogP contribution in [0.25, 0.3) is 0 Å². The number of nitrogens with zero attached hydrogens (tertiary/aromatic N) is 1. The van der Waals surface area contributed by atoms with Crippen molar-refractivity contribution in [3.63, 3.8) is 0 Å². The monoisotopic (exact) mass is 219 g/mol. The molecule has 0 amide bonds.